The first-order valence-corrected chi connectivity index (χ1v) is 13.4. The SMILES string of the molecule is CSCCC(NC(=O)C(Cc1ccc(O)cc1)NC(=O)C(NC(=O)C(N)CCCCN)C(C)O)C(=O)O. The quantitative estimate of drug-likeness (QED) is 0.113. The third-order valence-corrected chi connectivity index (χ3v) is 6.25. The average molecular weight is 542 g/mol. The molecule has 208 valence electrons. The Kier molecular flexibility index (Phi) is 14.6. The Morgan fingerprint density at radius 2 is 1.57 bits per heavy atom. The largest absolute Gasteiger partial charge is 0.508 e. The summed E-state index contributed by atoms with van der Waals surface area (Å²) in [7, 11) is 0. The Labute approximate surface area is 220 Å². The maximum absolute atomic E-state index is 13.1. The Morgan fingerprint density at radius 3 is 2.11 bits per heavy atom. The predicted octanol–water partition coefficient (Wildman–Crippen LogP) is -0.936. The van der Waals surface area contributed by atoms with Gasteiger partial charge in [0.15, 0.2) is 0 Å². The van der Waals surface area contributed by atoms with E-state index in [-0.39, 0.29) is 18.6 Å². The van der Waals surface area contributed by atoms with Gasteiger partial charge in [-0.2, -0.15) is 11.8 Å². The number of hydrogen-bond donors (Lipinski definition) is 8. The van der Waals surface area contributed by atoms with Crippen LogP contribution in [-0.4, -0.2) is 87.8 Å². The minimum atomic E-state index is -1.41. The molecule has 10 N–H and O–H groups in total. The van der Waals surface area contributed by atoms with E-state index in [1.54, 1.807) is 12.1 Å². The van der Waals surface area contributed by atoms with E-state index >= 15 is 0 Å². The molecule has 0 saturated heterocycles. The summed E-state index contributed by atoms with van der Waals surface area (Å²) < 4.78 is 0. The maximum atomic E-state index is 13.1. The topological polar surface area (TPSA) is 217 Å². The lowest BCUT2D eigenvalue weighted by Crippen LogP contribution is -2.60. The van der Waals surface area contributed by atoms with Crippen molar-refractivity contribution >= 4 is 35.5 Å². The molecule has 0 saturated carbocycles. The van der Waals surface area contributed by atoms with Crippen molar-refractivity contribution in [3.8, 4) is 5.75 Å². The van der Waals surface area contributed by atoms with E-state index in [1.807, 2.05) is 6.26 Å². The monoisotopic (exact) mass is 541 g/mol. The number of rotatable bonds is 17. The van der Waals surface area contributed by atoms with Crippen molar-refractivity contribution in [2.45, 2.75) is 69.3 Å². The number of nitrogens with one attached hydrogen (secondary N) is 3. The van der Waals surface area contributed by atoms with Gasteiger partial charge in [0, 0.05) is 6.42 Å². The molecule has 12 nitrogen and oxygen atoms in total. The number of phenolic OH excluding ortho intramolecular Hbond substituents is 1. The number of unbranched alkanes of at least 4 members (excludes halogenated alkanes) is 1. The van der Waals surface area contributed by atoms with Crippen LogP contribution < -0.4 is 27.4 Å². The van der Waals surface area contributed by atoms with Crippen LogP contribution in [0, 0.1) is 0 Å². The Hall–Kier alpha value is -2.87. The van der Waals surface area contributed by atoms with Crippen LogP contribution in [0.5, 0.6) is 5.75 Å². The van der Waals surface area contributed by atoms with Crippen LogP contribution >= 0.6 is 11.8 Å². The number of aliphatic hydroxyl groups excluding tert-OH is 1. The molecular formula is C24H39N5O7S. The lowest BCUT2D eigenvalue weighted by atomic mass is 10.0. The normalized spacial score (nSPS) is 15.1. The lowest BCUT2D eigenvalue weighted by molar-refractivity contribution is -0.142. The first kappa shape index (κ1) is 32.2. The second-order valence-electron chi connectivity index (χ2n) is 8.73. The standard InChI is InChI=1S/C24H39N5O7S/c1-14(30)20(29-21(32)17(26)5-3-4-11-25)23(34)28-19(13-15-6-8-16(31)9-7-15)22(33)27-18(24(35)36)10-12-37-2/h6-9,14,17-20,30-31H,3-5,10-13,25-26H2,1-2H3,(H,27,33)(H,28,34)(H,29,32)(H,35,36). The molecule has 13 heteroatoms. The van der Waals surface area contributed by atoms with Crippen LogP contribution in [0.1, 0.15) is 38.2 Å². The number of carboxylic acid groups (broad SMARTS) is 1. The Balaban J connectivity index is 3.05. The molecule has 0 spiro atoms. The summed E-state index contributed by atoms with van der Waals surface area (Å²) in [4.78, 5) is 50.3. The van der Waals surface area contributed by atoms with Crippen molar-refractivity contribution in [3.05, 3.63) is 29.8 Å². The number of carbonyl (C=O) groups is 4. The van der Waals surface area contributed by atoms with Gasteiger partial charge in [0.2, 0.25) is 17.7 Å². The first-order chi connectivity index (χ1) is 17.5. The number of benzene rings is 1. The minimum Gasteiger partial charge on any atom is -0.508 e. The molecule has 1 aromatic carbocycles. The fourth-order valence-electron chi connectivity index (χ4n) is 3.41. The van der Waals surface area contributed by atoms with Crippen LogP contribution in [0.15, 0.2) is 24.3 Å². The van der Waals surface area contributed by atoms with Crippen LogP contribution in [-0.2, 0) is 25.6 Å². The van der Waals surface area contributed by atoms with Crippen molar-refractivity contribution in [1.29, 1.82) is 0 Å². The predicted molar refractivity (Wildman–Crippen MR) is 141 cm³/mol. The number of thioether (sulfide) groups is 1. The van der Waals surface area contributed by atoms with Crippen molar-refractivity contribution in [1.82, 2.24) is 16.0 Å². The molecule has 37 heavy (non-hydrogen) atoms. The highest BCUT2D eigenvalue weighted by atomic mass is 32.2. The third-order valence-electron chi connectivity index (χ3n) is 5.60. The zero-order chi connectivity index (χ0) is 28.0. The number of aliphatic carboxylic acids is 1. The Bertz CT molecular complexity index is 885. The van der Waals surface area contributed by atoms with Gasteiger partial charge >= 0.3 is 5.97 Å². The molecule has 3 amide bonds. The lowest BCUT2D eigenvalue weighted by Gasteiger charge is -2.26. The molecule has 0 aromatic heterocycles. The number of carbonyl (C=O) groups excluding carboxylic acids is 3. The molecule has 0 heterocycles. The summed E-state index contributed by atoms with van der Waals surface area (Å²) in [6.45, 7) is 1.76. The molecule has 1 rings (SSSR count). The van der Waals surface area contributed by atoms with E-state index in [0.717, 1.165) is 0 Å². The molecule has 0 bridgehead atoms. The molecule has 0 aliphatic heterocycles. The van der Waals surface area contributed by atoms with Crippen molar-refractivity contribution in [2.75, 3.05) is 18.6 Å². The summed E-state index contributed by atoms with van der Waals surface area (Å²) in [5.41, 5.74) is 11.9. The van der Waals surface area contributed by atoms with Crippen LogP contribution in [0.4, 0.5) is 0 Å². The highest BCUT2D eigenvalue weighted by Crippen LogP contribution is 2.12. The van der Waals surface area contributed by atoms with E-state index < -0.39 is 54.0 Å². The summed E-state index contributed by atoms with van der Waals surface area (Å²) in [6.07, 6.45) is 2.28. The summed E-state index contributed by atoms with van der Waals surface area (Å²) >= 11 is 1.43. The smallest absolute Gasteiger partial charge is 0.326 e. The number of carboxylic acids is 1. The number of hydrogen-bond acceptors (Lipinski definition) is 9. The van der Waals surface area contributed by atoms with Crippen LogP contribution in [0.25, 0.3) is 0 Å². The van der Waals surface area contributed by atoms with Gasteiger partial charge < -0.3 is 42.7 Å². The van der Waals surface area contributed by atoms with Crippen LogP contribution in [0.3, 0.4) is 0 Å². The zero-order valence-electron chi connectivity index (χ0n) is 21.2. The molecule has 0 radical (unpaired) electrons. The second kappa shape index (κ2) is 16.8. The van der Waals surface area contributed by atoms with E-state index in [9.17, 15) is 34.5 Å². The summed E-state index contributed by atoms with van der Waals surface area (Å²) in [5.74, 6) is -2.93. The van der Waals surface area contributed by atoms with Gasteiger partial charge in [-0.05, 0) is 62.4 Å². The van der Waals surface area contributed by atoms with E-state index in [0.29, 0.717) is 37.1 Å². The number of phenols is 1. The van der Waals surface area contributed by atoms with Gasteiger partial charge in [-0.3, -0.25) is 14.4 Å². The van der Waals surface area contributed by atoms with Gasteiger partial charge in [0.1, 0.15) is 23.9 Å². The fourth-order valence-corrected chi connectivity index (χ4v) is 3.88. The van der Waals surface area contributed by atoms with Crippen molar-refractivity contribution < 1.29 is 34.5 Å². The third kappa shape index (κ3) is 11.8. The van der Waals surface area contributed by atoms with E-state index in [4.69, 9.17) is 11.5 Å². The van der Waals surface area contributed by atoms with Gasteiger partial charge in [0.25, 0.3) is 0 Å². The highest BCUT2D eigenvalue weighted by molar-refractivity contribution is 7.98. The van der Waals surface area contributed by atoms with Crippen molar-refractivity contribution in [2.24, 2.45) is 11.5 Å². The van der Waals surface area contributed by atoms with E-state index in [2.05, 4.69) is 16.0 Å². The summed E-state index contributed by atoms with van der Waals surface area (Å²) in [6, 6.07) is 1.21. The number of aromatic hydroxyl groups is 1. The molecular weight excluding hydrogens is 502 g/mol. The van der Waals surface area contributed by atoms with E-state index in [1.165, 1.54) is 30.8 Å². The molecule has 5 atom stereocenters. The van der Waals surface area contributed by atoms with Gasteiger partial charge in [-0.15, -0.1) is 0 Å². The fraction of sp³-hybridized carbons (Fsp3) is 0.583. The van der Waals surface area contributed by atoms with Gasteiger partial charge in [-0.1, -0.05) is 18.6 Å². The minimum absolute atomic E-state index is 0.0106. The molecule has 5 unspecified atom stereocenters. The number of amides is 3. The first-order valence-electron chi connectivity index (χ1n) is 12.0. The average Bonchev–Trinajstić information content (AvgIpc) is 2.85. The number of aliphatic hydroxyl groups is 1. The zero-order valence-corrected chi connectivity index (χ0v) is 22.0. The Morgan fingerprint density at radius 1 is 0.946 bits per heavy atom. The molecule has 1 aromatic rings. The molecule has 0 fully saturated rings. The second-order valence-corrected chi connectivity index (χ2v) is 9.72. The highest BCUT2D eigenvalue weighted by Gasteiger charge is 2.32. The number of nitrogens with two attached hydrogens (primary N) is 2. The van der Waals surface area contributed by atoms with Crippen molar-refractivity contribution in [3.63, 3.8) is 0 Å². The summed E-state index contributed by atoms with van der Waals surface area (Å²) in [5, 5.41) is 36.6. The van der Waals surface area contributed by atoms with Crippen LogP contribution in [0.2, 0.25) is 0 Å². The molecule has 0 aliphatic carbocycles. The van der Waals surface area contributed by atoms with Gasteiger partial charge in [0.05, 0.1) is 12.1 Å². The maximum Gasteiger partial charge on any atom is 0.326 e. The molecule has 0 aliphatic rings. The van der Waals surface area contributed by atoms with Gasteiger partial charge in [-0.25, -0.2) is 4.79 Å².